The third kappa shape index (κ3) is 19.8. The summed E-state index contributed by atoms with van der Waals surface area (Å²) < 4.78 is 17.8. The average Bonchev–Trinajstić information content (AvgIpc) is 3.91. The fourth-order valence-corrected chi connectivity index (χ4v) is 11.2. The standard InChI is InChI=1S/C62H98N6O12/c1-16-40(8)56(53(78-14)35-54(72)68-31-21-25-49(68)58(79-15)43(11)50(69)32-41(9)57(73)45-22-18-17-19-23-45)66(12)60(75)48(38(4)5)34-52(71)55(39(6)7)67(13)62(77)80-36-44-26-28-47(29-27-44)65-59(74)46(24-20-30-64-61(63)76)33-51(70)42(10)37(2)3/h17-19,22-23,26-29,37-43,46,48-49,53,55-58,73H,16,20-21,24-25,30-36H2,1-15H3,(H,65,74)(H3,63,64,76)/t40-,41-,42-,43-,46+,48?,49-,53+,55-,56-,57+,58+/m0/s1. The summed E-state index contributed by atoms with van der Waals surface area (Å²) in [6.07, 6.45) is 0.0416. The van der Waals surface area contributed by atoms with Crippen molar-refractivity contribution in [3.63, 3.8) is 0 Å². The van der Waals surface area contributed by atoms with Gasteiger partial charge in [-0.05, 0) is 78.5 Å². The molecule has 12 atom stereocenters. The number of methoxy groups -OCH3 is 2. The molecule has 2 aromatic carbocycles. The van der Waals surface area contributed by atoms with E-state index in [-0.39, 0.29) is 115 Å². The van der Waals surface area contributed by atoms with Crippen molar-refractivity contribution in [2.24, 2.45) is 59.0 Å². The number of likely N-dealkylation sites (N-methyl/N-ethyl adjacent to an activating group) is 2. The van der Waals surface area contributed by atoms with Crippen molar-refractivity contribution in [2.75, 3.05) is 46.7 Å². The normalized spacial score (nSPS) is 17.7. The molecular weight excluding hydrogens is 1020 g/mol. The first kappa shape index (κ1) is 68.6. The first-order valence-corrected chi connectivity index (χ1v) is 29.0. The zero-order valence-electron chi connectivity index (χ0n) is 50.7. The minimum absolute atomic E-state index is 0.0166. The number of likely N-dealkylation sites (tertiary alicyclic amines) is 1. The number of amides is 6. The molecule has 0 saturated carbocycles. The zero-order chi connectivity index (χ0) is 60.1. The van der Waals surface area contributed by atoms with Gasteiger partial charge in [0.2, 0.25) is 17.7 Å². The minimum Gasteiger partial charge on any atom is -0.445 e. The molecular formula is C62H98N6O12. The van der Waals surface area contributed by atoms with E-state index in [9.17, 15) is 43.5 Å². The summed E-state index contributed by atoms with van der Waals surface area (Å²) in [5.74, 6) is -4.27. The fourth-order valence-electron chi connectivity index (χ4n) is 11.2. The highest BCUT2D eigenvalue weighted by atomic mass is 16.6. The van der Waals surface area contributed by atoms with Gasteiger partial charge in [0, 0.05) is 90.0 Å². The van der Waals surface area contributed by atoms with Crippen molar-refractivity contribution < 1.29 is 57.7 Å². The number of benzene rings is 2. The number of carbonyl (C=O) groups excluding carboxylic acids is 8. The highest BCUT2D eigenvalue weighted by molar-refractivity contribution is 5.96. The summed E-state index contributed by atoms with van der Waals surface area (Å²) in [4.78, 5) is 113. The second-order valence-electron chi connectivity index (χ2n) is 23.5. The quantitative estimate of drug-likeness (QED) is 0.0480. The SMILES string of the molecule is CC[C@H](C)[C@@H]([C@@H](CC(=O)N1CCC[C@H]1[C@H](OC)[C@@H](C)C(=O)C[C@H](C)[C@@H](O)c1ccccc1)OC)N(C)C(=O)C(CC(=O)[C@H](C(C)C)N(C)C(=O)OCc1ccc(NC(=O)[C@H](CCCNC(N)=O)CC(=O)[C@@H](C)C(C)C)cc1)C(C)C. The fraction of sp³-hybridized carbons (Fsp3) is 0.677. The Labute approximate surface area is 477 Å². The Kier molecular flexibility index (Phi) is 28.5. The van der Waals surface area contributed by atoms with E-state index >= 15 is 0 Å². The van der Waals surface area contributed by atoms with Crippen LogP contribution in [0.4, 0.5) is 15.3 Å². The van der Waals surface area contributed by atoms with Crippen LogP contribution in [0, 0.1) is 53.3 Å². The van der Waals surface area contributed by atoms with Crippen molar-refractivity contribution in [3.05, 3.63) is 65.7 Å². The molecule has 1 fully saturated rings. The minimum atomic E-state index is -0.921. The van der Waals surface area contributed by atoms with Gasteiger partial charge < -0.3 is 50.4 Å². The summed E-state index contributed by atoms with van der Waals surface area (Å²) in [5, 5.41) is 16.4. The predicted octanol–water partition coefficient (Wildman–Crippen LogP) is 9.01. The largest absolute Gasteiger partial charge is 0.445 e. The summed E-state index contributed by atoms with van der Waals surface area (Å²) in [5.41, 5.74) is 7.04. The topological polar surface area (TPSA) is 244 Å². The van der Waals surface area contributed by atoms with Gasteiger partial charge in [-0.1, -0.05) is 125 Å². The zero-order valence-corrected chi connectivity index (χ0v) is 50.7. The molecule has 5 N–H and O–H groups in total. The molecule has 1 saturated heterocycles. The predicted molar refractivity (Wildman–Crippen MR) is 310 cm³/mol. The van der Waals surface area contributed by atoms with Crippen LogP contribution in [0.3, 0.4) is 0 Å². The van der Waals surface area contributed by atoms with E-state index in [0.29, 0.717) is 43.5 Å². The number of Topliss-reactive ketones (excluding diaryl/α,β-unsaturated/α-hetero) is 3. The number of urea groups is 1. The van der Waals surface area contributed by atoms with E-state index in [2.05, 4.69) is 10.6 Å². The summed E-state index contributed by atoms with van der Waals surface area (Å²) in [6.45, 7) is 21.5. The second-order valence-corrected chi connectivity index (χ2v) is 23.5. The van der Waals surface area contributed by atoms with Crippen LogP contribution in [-0.2, 0) is 49.6 Å². The number of ketones is 3. The molecule has 0 aliphatic carbocycles. The van der Waals surface area contributed by atoms with Crippen molar-refractivity contribution in [2.45, 2.75) is 177 Å². The third-order valence-electron chi connectivity index (χ3n) is 16.7. The maximum Gasteiger partial charge on any atom is 0.410 e. The Bertz CT molecular complexity index is 2310. The van der Waals surface area contributed by atoms with Crippen LogP contribution in [0.25, 0.3) is 0 Å². The molecule has 3 rings (SSSR count). The number of rotatable bonds is 34. The van der Waals surface area contributed by atoms with Crippen LogP contribution in [0.1, 0.15) is 151 Å². The van der Waals surface area contributed by atoms with Crippen LogP contribution in [0.5, 0.6) is 0 Å². The number of nitrogens with one attached hydrogen (secondary N) is 2. The number of hydrogen-bond acceptors (Lipinski definition) is 12. The van der Waals surface area contributed by atoms with Gasteiger partial charge in [-0.15, -0.1) is 0 Å². The molecule has 18 nitrogen and oxygen atoms in total. The first-order valence-electron chi connectivity index (χ1n) is 29.0. The van der Waals surface area contributed by atoms with E-state index < -0.39 is 60.3 Å². The lowest BCUT2D eigenvalue weighted by atomic mass is 9.83. The second kappa shape index (κ2) is 33.3. The Morgan fingerprint density at radius 1 is 0.738 bits per heavy atom. The molecule has 18 heteroatoms. The monoisotopic (exact) mass is 1120 g/mol. The van der Waals surface area contributed by atoms with Crippen molar-refractivity contribution in [1.82, 2.24) is 20.0 Å². The van der Waals surface area contributed by atoms with Gasteiger partial charge in [0.15, 0.2) is 5.78 Å². The smallest absolute Gasteiger partial charge is 0.410 e. The van der Waals surface area contributed by atoms with Crippen molar-refractivity contribution in [3.8, 4) is 0 Å². The maximum absolute atomic E-state index is 14.8. The van der Waals surface area contributed by atoms with Crippen molar-refractivity contribution >= 4 is 52.9 Å². The van der Waals surface area contributed by atoms with Gasteiger partial charge in [-0.25, -0.2) is 9.59 Å². The van der Waals surface area contributed by atoms with E-state index in [0.717, 1.165) is 12.0 Å². The lowest BCUT2D eigenvalue weighted by Crippen LogP contribution is -2.54. The van der Waals surface area contributed by atoms with E-state index in [4.69, 9.17) is 19.9 Å². The summed E-state index contributed by atoms with van der Waals surface area (Å²) >= 11 is 0. The molecule has 448 valence electrons. The maximum atomic E-state index is 14.8. The van der Waals surface area contributed by atoms with E-state index in [1.165, 1.54) is 19.1 Å². The van der Waals surface area contributed by atoms with Crippen LogP contribution in [-0.4, -0.2) is 139 Å². The highest BCUT2D eigenvalue weighted by Crippen LogP contribution is 2.33. The number of carbonyl (C=O) groups is 8. The average molecular weight is 1120 g/mol. The molecule has 80 heavy (non-hydrogen) atoms. The van der Waals surface area contributed by atoms with Gasteiger partial charge >= 0.3 is 12.1 Å². The lowest BCUT2D eigenvalue weighted by molar-refractivity contribution is -0.149. The molecule has 2 aromatic rings. The first-order chi connectivity index (χ1) is 37.7. The Morgan fingerprint density at radius 3 is 1.91 bits per heavy atom. The number of anilines is 1. The molecule has 0 spiro atoms. The molecule has 0 radical (unpaired) electrons. The molecule has 1 heterocycles. The van der Waals surface area contributed by atoms with E-state index in [1.54, 1.807) is 48.2 Å². The molecule has 0 aromatic heterocycles. The van der Waals surface area contributed by atoms with Gasteiger partial charge in [0.05, 0.1) is 42.9 Å². The van der Waals surface area contributed by atoms with Crippen molar-refractivity contribution in [1.29, 1.82) is 0 Å². The number of primary amides is 1. The number of ether oxygens (including phenoxy) is 3. The Balaban J connectivity index is 1.70. The molecule has 1 aliphatic rings. The van der Waals surface area contributed by atoms with Crippen LogP contribution >= 0.6 is 0 Å². The van der Waals surface area contributed by atoms with Crippen LogP contribution in [0.2, 0.25) is 0 Å². The number of nitrogens with zero attached hydrogens (tertiary/aromatic N) is 3. The third-order valence-corrected chi connectivity index (χ3v) is 16.7. The molecule has 0 bridgehead atoms. The van der Waals surface area contributed by atoms with Gasteiger partial charge in [0.25, 0.3) is 0 Å². The Hall–Kier alpha value is -5.72. The van der Waals surface area contributed by atoms with Gasteiger partial charge in [-0.3, -0.25) is 28.8 Å². The molecule has 6 amide bonds. The van der Waals surface area contributed by atoms with Crippen LogP contribution < -0.4 is 16.4 Å². The molecule has 1 aliphatic heterocycles. The van der Waals surface area contributed by atoms with Gasteiger partial charge in [0.1, 0.15) is 18.2 Å². The number of aliphatic hydroxyl groups excluding tert-OH is 1. The van der Waals surface area contributed by atoms with Gasteiger partial charge in [-0.2, -0.15) is 0 Å². The number of nitrogens with two attached hydrogens (primary N) is 1. The Morgan fingerprint density at radius 2 is 1.36 bits per heavy atom. The summed E-state index contributed by atoms with van der Waals surface area (Å²) in [7, 11) is 6.30. The number of hydrogen-bond donors (Lipinski definition) is 4. The highest BCUT2D eigenvalue weighted by Gasteiger charge is 2.44. The van der Waals surface area contributed by atoms with E-state index in [1.807, 2.05) is 106 Å². The lowest BCUT2D eigenvalue weighted by Gasteiger charge is -2.41. The number of aliphatic hydroxyl groups is 1. The summed E-state index contributed by atoms with van der Waals surface area (Å²) in [6, 6.07) is 13.5. The molecule has 1 unspecified atom stereocenters. The van der Waals surface area contributed by atoms with Crippen LogP contribution in [0.15, 0.2) is 54.6 Å².